The van der Waals surface area contributed by atoms with Gasteiger partial charge in [-0.3, -0.25) is 0 Å². The summed E-state index contributed by atoms with van der Waals surface area (Å²) in [6.45, 7) is 0. The Morgan fingerprint density at radius 1 is 1.32 bits per heavy atom. The molecule has 0 saturated carbocycles. The normalized spacial score (nSPS) is 10.0. The number of methoxy groups -OCH3 is 1. The van der Waals surface area contributed by atoms with E-state index in [-0.39, 0.29) is 17.3 Å². The third kappa shape index (κ3) is 3.19. The highest BCUT2D eigenvalue weighted by Gasteiger charge is 2.14. The van der Waals surface area contributed by atoms with E-state index in [1.54, 1.807) is 6.07 Å². The second-order valence-electron chi connectivity index (χ2n) is 3.45. The van der Waals surface area contributed by atoms with Gasteiger partial charge in [-0.25, -0.2) is 14.8 Å². The molecule has 6 nitrogen and oxygen atoms in total. The summed E-state index contributed by atoms with van der Waals surface area (Å²) in [6.07, 6.45) is 3.01. The molecule has 0 aliphatic carbocycles. The fourth-order valence-corrected chi connectivity index (χ4v) is 1.55. The molecule has 0 bridgehead atoms. The Labute approximate surface area is 117 Å². The number of carboxylic acid groups (broad SMARTS) is 1. The smallest absolute Gasteiger partial charge is 0.339 e. The van der Waals surface area contributed by atoms with Crippen molar-refractivity contribution in [3.63, 3.8) is 0 Å². The first kappa shape index (κ1) is 13.3. The molecule has 0 amide bonds. The van der Waals surface area contributed by atoms with Crippen molar-refractivity contribution < 1.29 is 19.4 Å². The number of carbonyl (C=O) groups is 1. The third-order valence-corrected chi connectivity index (χ3v) is 2.62. The van der Waals surface area contributed by atoms with Crippen molar-refractivity contribution in [2.75, 3.05) is 7.11 Å². The largest absolute Gasteiger partial charge is 0.497 e. The molecule has 0 spiro atoms. The van der Waals surface area contributed by atoms with Crippen molar-refractivity contribution in [3.05, 3.63) is 40.6 Å². The summed E-state index contributed by atoms with van der Waals surface area (Å²) in [5, 5.41) is 9.12. The number of hydrogen-bond donors (Lipinski definition) is 1. The second kappa shape index (κ2) is 5.66. The molecule has 0 aliphatic heterocycles. The van der Waals surface area contributed by atoms with Gasteiger partial charge in [0.1, 0.15) is 17.1 Å². The molecule has 0 fully saturated rings. The Hall–Kier alpha value is -2.15. The van der Waals surface area contributed by atoms with Crippen molar-refractivity contribution in [1.82, 2.24) is 9.97 Å². The average Bonchev–Trinajstić information content (AvgIpc) is 2.41. The lowest BCUT2D eigenvalue weighted by molar-refractivity contribution is 0.0693. The summed E-state index contributed by atoms with van der Waals surface area (Å²) in [6, 6.07) is 4.53. The minimum absolute atomic E-state index is 0.0223. The minimum atomic E-state index is -1.12. The zero-order chi connectivity index (χ0) is 13.8. The number of benzene rings is 1. The fourth-order valence-electron chi connectivity index (χ4n) is 1.34. The lowest BCUT2D eigenvalue weighted by atomic mass is 10.2. The number of aromatic nitrogens is 2. The van der Waals surface area contributed by atoms with E-state index in [0.717, 1.165) is 0 Å². The van der Waals surface area contributed by atoms with Gasteiger partial charge in [-0.05, 0) is 34.1 Å². The van der Waals surface area contributed by atoms with E-state index < -0.39 is 5.97 Å². The van der Waals surface area contributed by atoms with E-state index in [4.69, 9.17) is 14.6 Å². The SMILES string of the molecule is COc1ccc(Oc2ncc(Br)cn2)c(C(=O)O)c1. The van der Waals surface area contributed by atoms with Crippen LogP contribution in [0.5, 0.6) is 17.5 Å². The lowest BCUT2D eigenvalue weighted by Gasteiger charge is -2.08. The summed E-state index contributed by atoms with van der Waals surface area (Å²) in [4.78, 5) is 19.0. The van der Waals surface area contributed by atoms with Gasteiger partial charge >= 0.3 is 12.0 Å². The maximum atomic E-state index is 11.2. The number of nitrogens with zero attached hydrogens (tertiary/aromatic N) is 2. The molecular formula is C12H9BrN2O4. The number of halogens is 1. The number of hydrogen-bond acceptors (Lipinski definition) is 5. The van der Waals surface area contributed by atoms with E-state index in [1.807, 2.05) is 0 Å². The molecule has 0 atom stereocenters. The van der Waals surface area contributed by atoms with Crippen molar-refractivity contribution in [1.29, 1.82) is 0 Å². The van der Waals surface area contributed by atoms with Gasteiger partial charge in [-0.2, -0.15) is 0 Å². The van der Waals surface area contributed by atoms with Crippen LogP contribution in [-0.2, 0) is 0 Å². The van der Waals surface area contributed by atoms with Gasteiger partial charge in [0.25, 0.3) is 0 Å². The molecule has 98 valence electrons. The fraction of sp³-hybridized carbons (Fsp3) is 0.0833. The van der Waals surface area contributed by atoms with E-state index in [2.05, 4.69) is 25.9 Å². The Kier molecular flexibility index (Phi) is 3.96. The molecule has 2 rings (SSSR count). The second-order valence-corrected chi connectivity index (χ2v) is 4.37. The van der Waals surface area contributed by atoms with Gasteiger partial charge in [0.05, 0.1) is 11.6 Å². The molecule has 0 radical (unpaired) electrons. The molecule has 0 aliphatic rings. The predicted octanol–water partition coefficient (Wildman–Crippen LogP) is 2.74. The van der Waals surface area contributed by atoms with E-state index in [1.165, 1.54) is 31.6 Å². The van der Waals surface area contributed by atoms with Crippen LogP contribution in [0.2, 0.25) is 0 Å². The Morgan fingerprint density at radius 3 is 2.58 bits per heavy atom. The zero-order valence-electron chi connectivity index (χ0n) is 9.83. The van der Waals surface area contributed by atoms with Gasteiger partial charge in [-0.15, -0.1) is 0 Å². The summed E-state index contributed by atoms with van der Waals surface area (Å²) < 4.78 is 11.0. The molecule has 1 aromatic carbocycles. The van der Waals surface area contributed by atoms with E-state index in [9.17, 15) is 4.79 Å². The number of aromatic carboxylic acids is 1. The van der Waals surface area contributed by atoms with Crippen LogP contribution in [0.25, 0.3) is 0 Å². The van der Waals surface area contributed by atoms with Crippen LogP contribution < -0.4 is 9.47 Å². The highest BCUT2D eigenvalue weighted by atomic mass is 79.9. The highest BCUT2D eigenvalue weighted by molar-refractivity contribution is 9.10. The summed E-state index contributed by atoms with van der Waals surface area (Å²) in [7, 11) is 1.46. The monoisotopic (exact) mass is 324 g/mol. The first-order chi connectivity index (χ1) is 9.10. The molecule has 0 saturated heterocycles. The van der Waals surface area contributed by atoms with Crippen LogP contribution in [0.3, 0.4) is 0 Å². The van der Waals surface area contributed by atoms with Crippen LogP contribution in [0.4, 0.5) is 0 Å². The van der Waals surface area contributed by atoms with Gasteiger partial charge in [0, 0.05) is 12.4 Å². The van der Waals surface area contributed by atoms with Gasteiger partial charge in [-0.1, -0.05) is 0 Å². The van der Waals surface area contributed by atoms with E-state index in [0.29, 0.717) is 10.2 Å². The van der Waals surface area contributed by atoms with Crippen molar-refractivity contribution in [2.45, 2.75) is 0 Å². The molecule has 1 N–H and O–H groups in total. The molecule has 19 heavy (non-hydrogen) atoms. The summed E-state index contributed by atoms with van der Waals surface area (Å²) >= 11 is 3.20. The zero-order valence-corrected chi connectivity index (χ0v) is 11.4. The maximum Gasteiger partial charge on any atom is 0.339 e. The number of rotatable bonds is 4. The Bertz CT molecular complexity index is 601. The standard InChI is InChI=1S/C12H9BrN2O4/c1-18-8-2-3-10(9(4-8)11(16)17)19-12-14-5-7(13)6-15-12/h2-6H,1H3,(H,16,17). The predicted molar refractivity (Wildman–Crippen MR) is 69.8 cm³/mol. The Morgan fingerprint density at radius 2 is 2.00 bits per heavy atom. The van der Waals surface area contributed by atoms with Crippen LogP contribution >= 0.6 is 15.9 Å². The first-order valence-electron chi connectivity index (χ1n) is 5.17. The molecule has 7 heteroatoms. The third-order valence-electron chi connectivity index (χ3n) is 2.22. The van der Waals surface area contributed by atoms with Gasteiger partial charge < -0.3 is 14.6 Å². The van der Waals surface area contributed by atoms with Gasteiger partial charge in [0.15, 0.2) is 0 Å². The molecular weight excluding hydrogens is 316 g/mol. The Balaban J connectivity index is 2.33. The van der Waals surface area contributed by atoms with E-state index >= 15 is 0 Å². The number of carboxylic acids is 1. The van der Waals surface area contributed by atoms with Crippen molar-refractivity contribution >= 4 is 21.9 Å². The summed E-state index contributed by atoms with van der Waals surface area (Å²) in [5.74, 6) is -0.539. The highest BCUT2D eigenvalue weighted by Crippen LogP contribution is 2.27. The summed E-state index contributed by atoms with van der Waals surface area (Å²) in [5.41, 5.74) is -0.0223. The molecule has 2 aromatic rings. The quantitative estimate of drug-likeness (QED) is 0.931. The topological polar surface area (TPSA) is 81.5 Å². The lowest BCUT2D eigenvalue weighted by Crippen LogP contribution is -2.02. The van der Waals surface area contributed by atoms with Crippen molar-refractivity contribution in [3.8, 4) is 17.5 Å². The van der Waals surface area contributed by atoms with Crippen LogP contribution in [0, 0.1) is 0 Å². The van der Waals surface area contributed by atoms with Crippen LogP contribution in [0.15, 0.2) is 35.1 Å². The van der Waals surface area contributed by atoms with Crippen LogP contribution in [-0.4, -0.2) is 28.2 Å². The van der Waals surface area contributed by atoms with Crippen LogP contribution in [0.1, 0.15) is 10.4 Å². The maximum absolute atomic E-state index is 11.2. The molecule has 0 unspecified atom stereocenters. The van der Waals surface area contributed by atoms with Crippen molar-refractivity contribution in [2.24, 2.45) is 0 Å². The average molecular weight is 325 g/mol. The number of ether oxygens (including phenoxy) is 2. The minimum Gasteiger partial charge on any atom is -0.497 e. The van der Waals surface area contributed by atoms with Gasteiger partial charge in [0.2, 0.25) is 0 Å². The molecule has 1 aromatic heterocycles. The first-order valence-corrected chi connectivity index (χ1v) is 5.96. The molecule has 1 heterocycles.